The van der Waals surface area contributed by atoms with Crippen molar-refractivity contribution in [2.24, 2.45) is 0 Å². The summed E-state index contributed by atoms with van der Waals surface area (Å²) in [4.78, 5) is 17.2. The number of carboxylic acids is 1. The third-order valence-electron chi connectivity index (χ3n) is 3.08. The number of aromatic nitrogens is 2. The Morgan fingerprint density at radius 2 is 2.33 bits per heavy atom. The Hall–Kier alpha value is -2.08. The monoisotopic (exact) mass is 247 g/mol. The van der Waals surface area contributed by atoms with Crippen LogP contribution < -0.4 is 0 Å². The molecule has 3 rings (SSSR count). The van der Waals surface area contributed by atoms with Gasteiger partial charge >= 0.3 is 5.97 Å². The van der Waals surface area contributed by atoms with Gasteiger partial charge in [0.25, 0.3) is 0 Å². The van der Waals surface area contributed by atoms with Crippen molar-refractivity contribution in [2.75, 3.05) is 6.54 Å². The minimum Gasteiger partial charge on any atom is -0.475 e. The molecular weight excluding hydrogens is 234 g/mol. The van der Waals surface area contributed by atoms with Gasteiger partial charge in [0.15, 0.2) is 0 Å². The second kappa shape index (κ2) is 4.30. The molecule has 0 saturated carbocycles. The van der Waals surface area contributed by atoms with E-state index in [1.165, 1.54) is 6.07 Å². The number of hydrogen-bond acceptors (Lipinski definition) is 4. The van der Waals surface area contributed by atoms with Crippen molar-refractivity contribution in [3.63, 3.8) is 0 Å². The number of aromatic carboxylic acids is 1. The molecule has 0 aliphatic carbocycles. The molecule has 0 atom stereocenters. The van der Waals surface area contributed by atoms with Gasteiger partial charge in [-0.1, -0.05) is 0 Å². The van der Waals surface area contributed by atoms with Crippen LogP contribution in [0.4, 0.5) is 0 Å². The Balaban J connectivity index is 1.68. The van der Waals surface area contributed by atoms with Crippen LogP contribution in [0, 0.1) is 0 Å². The van der Waals surface area contributed by atoms with Crippen LogP contribution >= 0.6 is 0 Å². The highest BCUT2D eigenvalue weighted by Crippen LogP contribution is 2.15. The number of fused-ring (bicyclic) bond motifs is 1. The average Bonchev–Trinajstić information content (AvgIpc) is 2.96. The smallest absolute Gasteiger partial charge is 0.371 e. The first-order valence-corrected chi connectivity index (χ1v) is 5.77. The predicted molar refractivity (Wildman–Crippen MR) is 62.0 cm³/mol. The van der Waals surface area contributed by atoms with Gasteiger partial charge in [-0.05, 0) is 12.1 Å². The molecule has 0 amide bonds. The van der Waals surface area contributed by atoms with E-state index in [1.54, 1.807) is 12.3 Å². The van der Waals surface area contributed by atoms with Crippen LogP contribution in [-0.2, 0) is 19.6 Å². The van der Waals surface area contributed by atoms with Crippen molar-refractivity contribution in [1.82, 2.24) is 14.5 Å². The number of hydrogen-bond donors (Lipinski definition) is 1. The molecule has 6 heteroatoms. The lowest BCUT2D eigenvalue weighted by Crippen LogP contribution is -2.33. The summed E-state index contributed by atoms with van der Waals surface area (Å²) in [6, 6.07) is 3.20. The quantitative estimate of drug-likeness (QED) is 0.882. The first-order valence-electron chi connectivity index (χ1n) is 5.77. The van der Waals surface area contributed by atoms with Gasteiger partial charge in [0.2, 0.25) is 5.76 Å². The predicted octanol–water partition coefficient (Wildman–Crippen LogP) is 1.19. The molecule has 0 unspecified atom stereocenters. The normalized spacial score (nSPS) is 15.6. The molecule has 1 aliphatic rings. The molecule has 0 saturated heterocycles. The summed E-state index contributed by atoms with van der Waals surface area (Å²) in [5, 5.41) is 8.79. The Labute approximate surface area is 103 Å². The van der Waals surface area contributed by atoms with Crippen LogP contribution in [0.25, 0.3) is 0 Å². The fraction of sp³-hybridized carbons (Fsp3) is 0.333. The van der Waals surface area contributed by atoms with Gasteiger partial charge in [-0.3, -0.25) is 4.90 Å². The van der Waals surface area contributed by atoms with E-state index in [9.17, 15) is 4.79 Å². The lowest BCUT2D eigenvalue weighted by Gasteiger charge is -2.26. The van der Waals surface area contributed by atoms with Crippen molar-refractivity contribution < 1.29 is 14.3 Å². The molecule has 2 aromatic heterocycles. The van der Waals surface area contributed by atoms with Gasteiger partial charge < -0.3 is 14.1 Å². The molecule has 0 aromatic carbocycles. The first-order chi connectivity index (χ1) is 8.72. The molecule has 6 nitrogen and oxygen atoms in total. The number of rotatable bonds is 3. The van der Waals surface area contributed by atoms with Gasteiger partial charge in [0.1, 0.15) is 11.6 Å². The summed E-state index contributed by atoms with van der Waals surface area (Å²) < 4.78 is 7.38. The highest BCUT2D eigenvalue weighted by atomic mass is 16.4. The van der Waals surface area contributed by atoms with Gasteiger partial charge in [0.05, 0.1) is 13.1 Å². The highest BCUT2D eigenvalue weighted by Gasteiger charge is 2.18. The standard InChI is InChI=1S/C12H13N3O3/c16-12(17)10-2-1-9(18-10)7-14-5-6-15-4-3-13-11(15)8-14/h1-4H,5-8H2,(H,16,17). The number of nitrogens with zero attached hydrogens (tertiary/aromatic N) is 3. The van der Waals surface area contributed by atoms with Crippen molar-refractivity contribution in [1.29, 1.82) is 0 Å². The molecule has 0 bridgehead atoms. The summed E-state index contributed by atoms with van der Waals surface area (Å²) in [6.45, 7) is 3.19. The summed E-state index contributed by atoms with van der Waals surface area (Å²) in [7, 11) is 0. The second-order valence-electron chi connectivity index (χ2n) is 4.32. The minimum absolute atomic E-state index is 0.0106. The maximum atomic E-state index is 10.7. The molecule has 18 heavy (non-hydrogen) atoms. The van der Waals surface area contributed by atoms with E-state index in [2.05, 4.69) is 14.5 Å². The van der Waals surface area contributed by atoms with Crippen LogP contribution in [0.5, 0.6) is 0 Å². The topological polar surface area (TPSA) is 71.5 Å². The first kappa shape index (κ1) is 11.0. The third kappa shape index (κ3) is 2.02. The maximum Gasteiger partial charge on any atom is 0.371 e. The molecule has 1 aliphatic heterocycles. The van der Waals surface area contributed by atoms with Crippen LogP contribution in [-0.4, -0.2) is 32.1 Å². The molecule has 94 valence electrons. The van der Waals surface area contributed by atoms with E-state index < -0.39 is 5.97 Å². The van der Waals surface area contributed by atoms with Crippen LogP contribution in [0.15, 0.2) is 28.9 Å². The number of imidazole rings is 1. The van der Waals surface area contributed by atoms with Crippen LogP contribution in [0.1, 0.15) is 22.1 Å². The lowest BCUT2D eigenvalue weighted by atomic mass is 10.3. The van der Waals surface area contributed by atoms with Crippen molar-refractivity contribution in [3.05, 3.63) is 41.9 Å². The van der Waals surface area contributed by atoms with Gasteiger partial charge in [0, 0.05) is 25.5 Å². The van der Waals surface area contributed by atoms with E-state index in [4.69, 9.17) is 9.52 Å². The zero-order chi connectivity index (χ0) is 12.5. The number of furan rings is 1. The van der Waals surface area contributed by atoms with Gasteiger partial charge in [-0.25, -0.2) is 9.78 Å². The highest BCUT2D eigenvalue weighted by molar-refractivity contribution is 5.84. The summed E-state index contributed by atoms with van der Waals surface area (Å²) in [6.07, 6.45) is 3.77. The summed E-state index contributed by atoms with van der Waals surface area (Å²) >= 11 is 0. The van der Waals surface area contributed by atoms with E-state index in [1.807, 2.05) is 6.20 Å². The molecule has 0 spiro atoms. The van der Waals surface area contributed by atoms with E-state index in [0.29, 0.717) is 12.3 Å². The van der Waals surface area contributed by atoms with Gasteiger partial charge in [-0.2, -0.15) is 0 Å². The van der Waals surface area contributed by atoms with Gasteiger partial charge in [-0.15, -0.1) is 0 Å². The van der Waals surface area contributed by atoms with Crippen molar-refractivity contribution in [2.45, 2.75) is 19.6 Å². The Kier molecular flexibility index (Phi) is 2.64. The largest absolute Gasteiger partial charge is 0.475 e. The Bertz CT molecular complexity index is 573. The fourth-order valence-corrected chi connectivity index (χ4v) is 2.16. The SMILES string of the molecule is O=C(O)c1ccc(CN2CCn3ccnc3C2)o1. The summed E-state index contributed by atoms with van der Waals surface area (Å²) in [5.74, 6) is 0.664. The van der Waals surface area contributed by atoms with Crippen molar-refractivity contribution >= 4 is 5.97 Å². The Morgan fingerprint density at radius 3 is 3.11 bits per heavy atom. The zero-order valence-corrected chi connectivity index (χ0v) is 9.74. The second-order valence-corrected chi connectivity index (χ2v) is 4.32. The molecule has 1 N–H and O–H groups in total. The Morgan fingerprint density at radius 1 is 1.44 bits per heavy atom. The molecular formula is C12H13N3O3. The third-order valence-corrected chi connectivity index (χ3v) is 3.08. The minimum atomic E-state index is -1.03. The molecule has 3 heterocycles. The molecule has 0 fully saturated rings. The number of carbonyl (C=O) groups is 1. The average molecular weight is 247 g/mol. The van der Waals surface area contributed by atoms with Crippen molar-refractivity contribution in [3.8, 4) is 0 Å². The fourth-order valence-electron chi connectivity index (χ4n) is 2.16. The van der Waals surface area contributed by atoms with E-state index in [0.717, 1.165) is 25.5 Å². The van der Waals surface area contributed by atoms with Crippen LogP contribution in [0.3, 0.4) is 0 Å². The number of carboxylic acid groups (broad SMARTS) is 1. The van der Waals surface area contributed by atoms with Crippen LogP contribution in [0.2, 0.25) is 0 Å². The van der Waals surface area contributed by atoms with E-state index in [-0.39, 0.29) is 5.76 Å². The zero-order valence-electron chi connectivity index (χ0n) is 9.74. The summed E-state index contributed by atoms with van der Waals surface area (Å²) in [5.41, 5.74) is 0. The maximum absolute atomic E-state index is 10.7. The lowest BCUT2D eigenvalue weighted by molar-refractivity contribution is 0.0657. The molecule has 0 radical (unpaired) electrons. The van der Waals surface area contributed by atoms with E-state index >= 15 is 0 Å². The molecule has 2 aromatic rings.